The number of anilines is 1. The Morgan fingerprint density at radius 1 is 1.07 bits per heavy atom. The molecule has 29 heavy (non-hydrogen) atoms. The standard InChI is InChI=1S/C18H24N4O5S2/c1-21-12-16(29(26,27)22-9-3-2-4-10-22)11-17(21)18(23)20-15-7-5-14(6-8-15)13-28(19,24)25/h5-8,11-12H,2-4,9-10,13H2,1H3,(H,20,23)(H2,19,24,25). The van der Waals surface area contributed by atoms with Gasteiger partial charge in [-0.3, -0.25) is 4.79 Å². The zero-order valence-electron chi connectivity index (χ0n) is 16.0. The van der Waals surface area contributed by atoms with Crippen molar-refractivity contribution in [3.8, 4) is 0 Å². The third kappa shape index (κ3) is 5.24. The highest BCUT2D eigenvalue weighted by Crippen LogP contribution is 2.23. The molecule has 0 bridgehead atoms. The topological polar surface area (TPSA) is 132 Å². The Hall–Kier alpha value is -2.21. The van der Waals surface area contributed by atoms with Crippen LogP contribution >= 0.6 is 0 Å². The number of hydrogen-bond acceptors (Lipinski definition) is 5. The highest BCUT2D eigenvalue weighted by atomic mass is 32.2. The van der Waals surface area contributed by atoms with Crippen molar-refractivity contribution in [2.75, 3.05) is 18.4 Å². The molecule has 1 aliphatic rings. The van der Waals surface area contributed by atoms with E-state index >= 15 is 0 Å². The van der Waals surface area contributed by atoms with Crippen LogP contribution in [0.2, 0.25) is 0 Å². The van der Waals surface area contributed by atoms with E-state index in [0.29, 0.717) is 24.3 Å². The first-order valence-corrected chi connectivity index (χ1v) is 12.3. The van der Waals surface area contributed by atoms with Gasteiger partial charge in [-0.25, -0.2) is 22.0 Å². The average molecular weight is 441 g/mol. The average Bonchev–Trinajstić information content (AvgIpc) is 3.05. The molecule has 3 N–H and O–H groups in total. The fourth-order valence-electron chi connectivity index (χ4n) is 3.27. The second kappa shape index (κ2) is 8.27. The summed E-state index contributed by atoms with van der Waals surface area (Å²) in [6, 6.07) is 7.60. The van der Waals surface area contributed by atoms with Crippen molar-refractivity contribution >= 4 is 31.6 Å². The van der Waals surface area contributed by atoms with Crippen molar-refractivity contribution in [3.63, 3.8) is 0 Å². The molecule has 2 heterocycles. The molecule has 0 saturated carbocycles. The van der Waals surface area contributed by atoms with Gasteiger partial charge < -0.3 is 9.88 Å². The molecule has 1 aromatic heterocycles. The molecule has 3 rings (SSSR count). The monoisotopic (exact) mass is 440 g/mol. The van der Waals surface area contributed by atoms with Gasteiger partial charge in [-0.15, -0.1) is 0 Å². The lowest BCUT2D eigenvalue weighted by Crippen LogP contribution is -2.35. The Labute approximate surface area is 170 Å². The molecule has 0 aliphatic carbocycles. The first-order chi connectivity index (χ1) is 13.6. The van der Waals surface area contributed by atoms with Crippen LogP contribution in [0, 0.1) is 0 Å². The van der Waals surface area contributed by atoms with Gasteiger partial charge in [-0.05, 0) is 36.6 Å². The van der Waals surface area contributed by atoms with Gasteiger partial charge in [-0.1, -0.05) is 18.6 Å². The number of primary sulfonamides is 1. The van der Waals surface area contributed by atoms with Gasteiger partial charge in [0.2, 0.25) is 20.0 Å². The van der Waals surface area contributed by atoms with Gasteiger partial charge in [0.25, 0.3) is 5.91 Å². The maximum Gasteiger partial charge on any atom is 0.272 e. The first kappa shape index (κ1) is 21.5. The van der Waals surface area contributed by atoms with E-state index in [4.69, 9.17) is 5.14 Å². The molecule has 2 aromatic rings. The predicted octanol–water partition coefficient (Wildman–Crippen LogP) is 1.24. The minimum absolute atomic E-state index is 0.0931. The summed E-state index contributed by atoms with van der Waals surface area (Å²) in [4.78, 5) is 12.7. The van der Waals surface area contributed by atoms with Gasteiger partial charge in [-0.2, -0.15) is 4.31 Å². The highest BCUT2D eigenvalue weighted by molar-refractivity contribution is 7.89. The predicted molar refractivity (Wildman–Crippen MR) is 109 cm³/mol. The third-order valence-corrected chi connectivity index (χ3v) is 7.34. The first-order valence-electron chi connectivity index (χ1n) is 9.13. The lowest BCUT2D eigenvalue weighted by atomic mass is 10.2. The molecular formula is C18H24N4O5S2. The van der Waals surface area contributed by atoms with E-state index in [0.717, 1.165) is 19.3 Å². The lowest BCUT2D eigenvalue weighted by Gasteiger charge is -2.25. The Morgan fingerprint density at radius 2 is 1.69 bits per heavy atom. The Bertz CT molecular complexity index is 1100. The van der Waals surface area contributed by atoms with Crippen LogP contribution in [0.1, 0.15) is 35.3 Å². The highest BCUT2D eigenvalue weighted by Gasteiger charge is 2.28. The number of rotatable bonds is 6. The Kier molecular flexibility index (Phi) is 6.13. The number of benzene rings is 1. The molecule has 1 amide bonds. The SMILES string of the molecule is Cn1cc(S(=O)(=O)N2CCCCC2)cc1C(=O)Nc1ccc(CS(N)(=O)=O)cc1. The fraction of sp³-hybridized carbons (Fsp3) is 0.389. The molecule has 158 valence electrons. The summed E-state index contributed by atoms with van der Waals surface area (Å²) in [5, 5.41) is 7.70. The molecule has 1 saturated heterocycles. The van der Waals surface area contributed by atoms with E-state index in [2.05, 4.69) is 5.32 Å². The number of carbonyl (C=O) groups is 1. The molecule has 11 heteroatoms. The van der Waals surface area contributed by atoms with Crippen LogP contribution in [0.3, 0.4) is 0 Å². The number of carbonyl (C=O) groups excluding carboxylic acids is 1. The van der Waals surface area contributed by atoms with E-state index < -0.39 is 26.0 Å². The number of nitrogens with zero attached hydrogens (tertiary/aromatic N) is 2. The molecule has 1 aromatic carbocycles. The van der Waals surface area contributed by atoms with Crippen LogP contribution in [0.25, 0.3) is 0 Å². The van der Waals surface area contributed by atoms with Crippen molar-refractivity contribution in [2.45, 2.75) is 29.9 Å². The number of piperidine rings is 1. The largest absolute Gasteiger partial charge is 0.345 e. The minimum atomic E-state index is -3.63. The summed E-state index contributed by atoms with van der Waals surface area (Å²) >= 11 is 0. The number of nitrogens with two attached hydrogens (primary N) is 1. The smallest absolute Gasteiger partial charge is 0.272 e. The zero-order chi connectivity index (χ0) is 21.2. The van der Waals surface area contributed by atoms with Crippen molar-refractivity contribution < 1.29 is 21.6 Å². The quantitative estimate of drug-likeness (QED) is 0.698. The fourth-order valence-corrected chi connectivity index (χ4v) is 5.51. The van der Waals surface area contributed by atoms with E-state index in [1.807, 2.05) is 0 Å². The van der Waals surface area contributed by atoms with E-state index in [1.165, 1.54) is 21.1 Å². The molecule has 0 atom stereocenters. The summed E-state index contributed by atoms with van der Waals surface area (Å²) < 4.78 is 50.8. The van der Waals surface area contributed by atoms with E-state index in [1.54, 1.807) is 31.3 Å². The minimum Gasteiger partial charge on any atom is -0.345 e. The normalized spacial score (nSPS) is 15.9. The Balaban J connectivity index is 1.75. The van der Waals surface area contributed by atoms with Crippen molar-refractivity contribution in [1.82, 2.24) is 8.87 Å². The van der Waals surface area contributed by atoms with Gasteiger partial charge >= 0.3 is 0 Å². The van der Waals surface area contributed by atoms with Gasteiger partial charge in [0.1, 0.15) is 10.6 Å². The maximum atomic E-state index is 12.8. The van der Waals surface area contributed by atoms with Gasteiger partial charge in [0.15, 0.2) is 0 Å². The zero-order valence-corrected chi connectivity index (χ0v) is 17.7. The number of hydrogen-bond donors (Lipinski definition) is 2. The van der Waals surface area contributed by atoms with E-state index in [-0.39, 0.29) is 16.3 Å². The van der Waals surface area contributed by atoms with E-state index in [9.17, 15) is 21.6 Å². The van der Waals surface area contributed by atoms with Crippen molar-refractivity contribution in [3.05, 3.63) is 47.8 Å². The van der Waals surface area contributed by atoms with Crippen molar-refractivity contribution in [2.24, 2.45) is 12.2 Å². The molecule has 0 radical (unpaired) electrons. The number of nitrogens with one attached hydrogen (secondary N) is 1. The lowest BCUT2D eigenvalue weighted by molar-refractivity contribution is 0.101. The van der Waals surface area contributed by atoms with Crippen LogP contribution in [0.5, 0.6) is 0 Å². The summed E-state index contributed by atoms with van der Waals surface area (Å²) in [7, 11) is -5.65. The number of sulfonamides is 2. The second-order valence-corrected chi connectivity index (χ2v) is 10.6. The molecule has 0 spiro atoms. The number of aryl methyl sites for hydroxylation is 1. The molecule has 1 fully saturated rings. The second-order valence-electron chi connectivity index (χ2n) is 7.09. The third-order valence-electron chi connectivity index (χ3n) is 4.74. The van der Waals surface area contributed by atoms with Gasteiger partial charge in [0.05, 0.1) is 5.75 Å². The van der Waals surface area contributed by atoms with Crippen LogP contribution in [-0.2, 0) is 32.8 Å². The summed E-state index contributed by atoms with van der Waals surface area (Å²) in [5.74, 6) is -0.761. The summed E-state index contributed by atoms with van der Waals surface area (Å²) in [5.41, 5.74) is 1.16. The van der Waals surface area contributed by atoms with Gasteiger partial charge in [0, 0.05) is 32.0 Å². The molecular weight excluding hydrogens is 416 g/mol. The number of amides is 1. The van der Waals surface area contributed by atoms with Crippen LogP contribution in [0.4, 0.5) is 5.69 Å². The van der Waals surface area contributed by atoms with Crippen LogP contribution < -0.4 is 10.5 Å². The summed E-state index contributed by atoms with van der Waals surface area (Å²) in [6.45, 7) is 0.979. The Morgan fingerprint density at radius 3 is 2.28 bits per heavy atom. The van der Waals surface area contributed by atoms with Crippen LogP contribution in [-0.4, -0.2) is 44.7 Å². The molecule has 1 aliphatic heterocycles. The number of aromatic nitrogens is 1. The summed E-state index contributed by atoms with van der Waals surface area (Å²) in [6.07, 6.45) is 4.13. The molecule has 0 unspecified atom stereocenters. The maximum absolute atomic E-state index is 12.8. The molecule has 9 nitrogen and oxygen atoms in total. The van der Waals surface area contributed by atoms with Crippen LogP contribution in [0.15, 0.2) is 41.4 Å². The van der Waals surface area contributed by atoms with Crippen molar-refractivity contribution in [1.29, 1.82) is 0 Å².